The maximum atomic E-state index is 9.26. The highest BCUT2D eigenvalue weighted by molar-refractivity contribution is 5.15. The second-order valence-electron chi connectivity index (χ2n) is 6.39. The van der Waals surface area contributed by atoms with Gasteiger partial charge < -0.3 is 14.6 Å². The molecule has 21 heavy (non-hydrogen) atoms. The van der Waals surface area contributed by atoms with E-state index in [1.165, 1.54) is 24.8 Å². The lowest BCUT2D eigenvalue weighted by molar-refractivity contribution is -0.329. The Morgan fingerprint density at radius 3 is 2.43 bits per heavy atom. The van der Waals surface area contributed by atoms with Crippen LogP contribution in [0.3, 0.4) is 0 Å². The normalized spacial score (nSPS) is 28.6. The van der Waals surface area contributed by atoms with Crippen molar-refractivity contribution >= 4 is 0 Å². The molecule has 1 heterocycles. The summed E-state index contributed by atoms with van der Waals surface area (Å²) in [6, 6.07) is 10.5. The molecule has 0 aromatic heterocycles. The van der Waals surface area contributed by atoms with Gasteiger partial charge in [-0.1, -0.05) is 36.8 Å². The van der Waals surface area contributed by atoms with E-state index < -0.39 is 0 Å². The summed E-state index contributed by atoms with van der Waals surface area (Å²) in [6.07, 6.45) is 8.53. The molecule has 3 nitrogen and oxygen atoms in total. The molecule has 0 bridgehead atoms. The van der Waals surface area contributed by atoms with Gasteiger partial charge in [0.2, 0.25) is 0 Å². The lowest BCUT2D eigenvalue weighted by Gasteiger charge is -2.47. The van der Waals surface area contributed by atoms with Crippen molar-refractivity contribution in [3.63, 3.8) is 0 Å². The first-order valence-electron chi connectivity index (χ1n) is 8.30. The largest absolute Gasteiger partial charge is 0.396 e. The molecular formula is C18H26O3. The first kappa shape index (κ1) is 15.0. The molecule has 2 aliphatic rings. The van der Waals surface area contributed by atoms with E-state index in [1.54, 1.807) is 0 Å². The molecule has 2 fully saturated rings. The van der Waals surface area contributed by atoms with Crippen molar-refractivity contribution in [2.75, 3.05) is 6.61 Å². The highest BCUT2D eigenvalue weighted by Crippen LogP contribution is 2.40. The standard InChI is InChI=1S/C18H26O3/c19-12-9-16-14-17(13-15-7-3-1-4-8-15)21-18(20-16)10-5-2-6-11-18/h1,3-4,7-8,16-17,19H,2,5-6,9-14H2/t16-,17-/m1/s1. The molecular weight excluding hydrogens is 264 g/mol. The summed E-state index contributed by atoms with van der Waals surface area (Å²) in [5.74, 6) is -0.379. The molecule has 1 saturated heterocycles. The predicted octanol–water partition coefficient (Wildman–Crippen LogP) is 3.45. The number of ether oxygens (including phenoxy) is 2. The van der Waals surface area contributed by atoms with E-state index in [4.69, 9.17) is 9.47 Å². The van der Waals surface area contributed by atoms with Crippen LogP contribution in [-0.4, -0.2) is 29.7 Å². The lowest BCUT2D eigenvalue weighted by atomic mass is 9.90. The molecule has 2 atom stereocenters. The maximum Gasteiger partial charge on any atom is 0.169 e. The molecule has 116 valence electrons. The van der Waals surface area contributed by atoms with E-state index >= 15 is 0 Å². The predicted molar refractivity (Wildman–Crippen MR) is 82.0 cm³/mol. The molecule has 0 amide bonds. The molecule has 1 aliphatic carbocycles. The zero-order chi connectivity index (χ0) is 14.5. The fraction of sp³-hybridized carbons (Fsp3) is 0.667. The Labute approximate surface area is 127 Å². The summed E-state index contributed by atoms with van der Waals surface area (Å²) in [6.45, 7) is 0.193. The quantitative estimate of drug-likeness (QED) is 0.923. The molecule has 1 aromatic carbocycles. The van der Waals surface area contributed by atoms with Crippen molar-refractivity contribution in [3.8, 4) is 0 Å². The van der Waals surface area contributed by atoms with Crippen LogP contribution in [-0.2, 0) is 15.9 Å². The van der Waals surface area contributed by atoms with Crippen molar-refractivity contribution in [1.29, 1.82) is 0 Å². The zero-order valence-electron chi connectivity index (χ0n) is 12.7. The van der Waals surface area contributed by atoms with Gasteiger partial charge in [0, 0.05) is 25.9 Å². The number of benzene rings is 1. The van der Waals surface area contributed by atoms with Crippen LogP contribution < -0.4 is 0 Å². The summed E-state index contributed by atoms with van der Waals surface area (Å²) < 4.78 is 12.6. The monoisotopic (exact) mass is 290 g/mol. The van der Waals surface area contributed by atoms with E-state index in [9.17, 15) is 5.11 Å². The Morgan fingerprint density at radius 1 is 1.00 bits per heavy atom. The van der Waals surface area contributed by atoms with Gasteiger partial charge in [-0.05, 0) is 31.2 Å². The van der Waals surface area contributed by atoms with Crippen LogP contribution in [0.4, 0.5) is 0 Å². The van der Waals surface area contributed by atoms with Gasteiger partial charge in [0.15, 0.2) is 5.79 Å². The second-order valence-corrected chi connectivity index (χ2v) is 6.39. The minimum Gasteiger partial charge on any atom is -0.396 e. The third-order valence-corrected chi connectivity index (χ3v) is 4.66. The van der Waals surface area contributed by atoms with Crippen LogP contribution in [0.25, 0.3) is 0 Å². The summed E-state index contributed by atoms with van der Waals surface area (Å²) in [5, 5.41) is 9.26. The number of hydrogen-bond acceptors (Lipinski definition) is 3. The van der Waals surface area contributed by atoms with Crippen molar-refractivity contribution < 1.29 is 14.6 Å². The van der Waals surface area contributed by atoms with Crippen molar-refractivity contribution in [1.82, 2.24) is 0 Å². The Morgan fingerprint density at radius 2 is 1.71 bits per heavy atom. The fourth-order valence-corrected chi connectivity index (χ4v) is 3.67. The molecule has 1 spiro atoms. The highest BCUT2D eigenvalue weighted by atomic mass is 16.7. The lowest BCUT2D eigenvalue weighted by Crippen LogP contribution is -2.50. The molecule has 1 aliphatic heterocycles. The first-order valence-corrected chi connectivity index (χ1v) is 8.30. The third kappa shape index (κ3) is 3.85. The van der Waals surface area contributed by atoms with Crippen LogP contribution in [0.5, 0.6) is 0 Å². The van der Waals surface area contributed by atoms with Crippen LogP contribution in [0.15, 0.2) is 30.3 Å². The van der Waals surface area contributed by atoms with Gasteiger partial charge in [0.05, 0.1) is 12.2 Å². The van der Waals surface area contributed by atoms with Crippen LogP contribution in [0, 0.1) is 0 Å². The smallest absolute Gasteiger partial charge is 0.169 e. The van der Waals surface area contributed by atoms with E-state index in [-0.39, 0.29) is 24.6 Å². The molecule has 3 rings (SSSR count). The van der Waals surface area contributed by atoms with Gasteiger partial charge in [0.25, 0.3) is 0 Å². The minimum absolute atomic E-state index is 0.135. The topological polar surface area (TPSA) is 38.7 Å². The molecule has 0 radical (unpaired) electrons. The van der Waals surface area contributed by atoms with Crippen LogP contribution in [0.2, 0.25) is 0 Å². The first-order chi connectivity index (χ1) is 10.3. The van der Waals surface area contributed by atoms with Gasteiger partial charge in [-0.25, -0.2) is 0 Å². The minimum atomic E-state index is -0.379. The number of aliphatic hydroxyl groups is 1. The maximum absolute atomic E-state index is 9.26. The summed E-state index contributed by atoms with van der Waals surface area (Å²) >= 11 is 0. The average molecular weight is 290 g/mol. The van der Waals surface area contributed by atoms with Crippen molar-refractivity contribution in [2.24, 2.45) is 0 Å². The Balaban J connectivity index is 1.70. The third-order valence-electron chi connectivity index (χ3n) is 4.66. The molecule has 1 aromatic rings. The molecule has 0 unspecified atom stereocenters. The Bertz CT molecular complexity index is 425. The summed E-state index contributed by atoms with van der Waals surface area (Å²) in [4.78, 5) is 0. The Kier molecular flexibility index (Phi) is 4.94. The zero-order valence-corrected chi connectivity index (χ0v) is 12.7. The summed E-state index contributed by atoms with van der Waals surface area (Å²) in [7, 11) is 0. The number of hydrogen-bond donors (Lipinski definition) is 1. The van der Waals surface area contributed by atoms with Gasteiger partial charge in [-0.15, -0.1) is 0 Å². The number of rotatable bonds is 4. The van der Waals surface area contributed by atoms with E-state index in [0.717, 1.165) is 32.1 Å². The number of aliphatic hydroxyl groups excluding tert-OH is 1. The SMILES string of the molecule is OCC[C@@H]1C[C@@H](Cc2ccccc2)OC2(CCCCC2)O1. The van der Waals surface area contributed by atoms with Gasteiger partial charge in [0.1, 0.15) is 0 Å². The van der Waals surface area contributed by atoms with Gasteiger partial charge >= 0.3 is 0 Å². The van der Waals surface area contributed by atoms with Crippen molar-refractivity contribution in [3.05, 3.63) is 35.9 Å². The van der Waals surface area contributed by atoms with Gasteiger partial charge in [-0.3, -0.25) is 0 Å². The van der Waals surface area contributed by atoms with E-state index in [0.29, 0.717) is 0 Å². The Hall–Kier alpha value is -0.900. The summed E-state index contributed by atoms with van der Waals surface area (Å²) in [5.41, 5.74) is 1.32. The van der Waals surface area contributed by atoms with Crippen LogP contribution in [0.1, 0.15) is 50.5 Å². The average Bonchev–Trinajstić information content (AvgIpc) is 2.49. The fourth-order valence-electron chi connectivity index (χ4n) is 3.67. The second kappa shape index (κ2) is 6.91. The van der Waals surface area contributed by atoms with Crippen molar-refractivity contribution in [2.45, 2.75) is 69.4 Å². The molecule has 3 heteroatoms. The van der Waals surface area contributed by atoms with E-state index in [1.807, 2.05) is 6.07 Å². The molecule has 1 saturated carbocycles. The van der Waals surface area contributed by atoms with E-state index in [2.05, 4.69) is 24.3 Å². The van der Waals surface area contributed by atoms with Crippen LogP contribution >= 0.6 is 0 Å². The van der Waals surface area contributed by atoms with Gasteiger partial charge in [-0.2, -0.15) is 0 Å². The molecule has 1 N–H and O–H groups in total. The highest BCUT2D eigenvalue weighted by Gasteiger charge is 2.42.